The number of fused-ring (bicyclic) bond motifs is 1. The van der Waals surface area contributed by atoms with E-state index in [2.05, 4.69) is 9.80 Å². The van der Waals surface area contributed by atoms with Crippen LogP contribution in [-0.4, -0.2) is 56.7 Å². The molecule has 2 aliphatic heterocycles. The Balaban J connectivity index is 1.52. The molecule has 5 rings (SSSR count). The molecule has 186 valence electrons. The molecule has 36 heavy (non-hydrogen) atoms. The third-order valence-corrected chi connectivity index (χ3v) is 8.20. The summed E-state index contributed by atoms with van der Waals surface area (Å²) in [5.41, 5.74) is 1.84. The molecule has 1 aromatic carbocycles. The molecular formula is C26H26ClN5O2S2. The van der Waals surface area contributed by atoms with Crippen LogP contribution in [0.4, 0.5) is 11.5 Å². The topological polar surface area (TPSA) is 61.2 Å². The molecule has 2 aliphatic rings. The fraction of sp³-hybridized carbons (Fsp3) is 0.308. The monoisotopic (exact) mass is 539 g/mol. The van der Waals surface area contributed by atoms with Crippen LogP contribution in [0, 0.1) is 0 Å². The van der Waals surface area contributed by atoms with Crippen molar-refractivity contribution in [3.8, 4) is 0 Å². The van der Waals surface area contributed by atoms with E-state index < -0.39 is 0 Å². The minimum absolute atomic E-state index is 0.00161. The standard InChI is InChI=1S/C26H26ClN5O2S2/c1-3-17(2)32-25(34)21(36-26(32)35)16-20-23(28-22-9-4-5-10-31(22)24(20)33)30-13-11-29(12-14-30)19-8-6-7-18(27)15-19/h4-10,15-17H,3,11-14H2,1-2H3/b21-16-/t17-/m1/s1. The van der Waals surface area contributed by atoms with Gasteiger partial charge in [-0.1, -0.05) is 54.6 Å². The number of anilines is 2. The molecule has 0 N–H and O–H groups in total. The number of carbonyl (C=O) groups excluding carboxylic acids is 1. The van der Waals surface area contributed by atoms with Crippen molar-refractivity contribution < 1.29 is 4.79 Å². The van der Waals surface area contributed by atoms with Gasteiger partial charge in [-0.05, 0) is 49.8 Å². The molecule has 1 atom stereocenters. The van der Waals surface area contributed by atoms with E-state index in [-0.39, 0.29) is 17.5 Å². The SMILES string of the molecule is CC[C@@H](C)N1C(=O)/C(=C/c2c(N3CCN(c4cccc(Cl)c4)CC3)nc3ccccn3c2=O)SC1=S. The Morgan fingerprint density at radius 3 is 2.58 bits per heavy atom. The molecular weight excluding hydrogens is 514 g/mol. The predicted molar refractivity (Wildman–Crippen MR) is 152 cm³/mol. The number of amides is 1. The molecule has 0 bridgehead atoms. The highest BCUT2D eigenvalue weighted by Crippen LogP contribution is 2.35. The van der Waals surface area contributed by atoms with E-state index >= 15 is 0 Å². The summed E-state index contributed by atoms with van der Waals surface area (Å²) in [6.07, 6.45) is 4.17. The van der Waals surface area contributed by atoms with E-state index in [1.807, 2.05) is 50.2 Å². The van der Waals surface area contributed by atoms with E-state index in [0.29, 0.717) is 44.4 Å². The molecule has 0 spiro atoms. The summed E-state index contributed by atoms with van der Waals surface area (Å²) in [5, 5.41) is 0.705. The number of rotatable bonds is 5. The highest BCUT2D eigenvalue weighted by Gasteiger charge is 2.35. The van der Waals surface area contributed by atoms with Crippen molar-refractivity contribution in [1.82, 2.24) is 14.3 Å². The summed E-state index contributed by atoms with van der Waals surface area (Å²) in [5.74, 6) is 0.430. The second kappa shape index (κ2) is 10.2. The van der Waals surface area contributed by atoms with Gasteiger partial charge >= 0.3 is 0 Å². The quantitative estimate of drug-likeness (QED) is 0.345. The second-order valence-corrected chi connectivity index (χ2v) is 11.0. The first-order chi connectivity index (χ1) is 17.4. The normalized spacial score (nSPS) is 18.5. The predicted octanol–water partition coefficient (Wildman–Crippen LogP) is 4.67. The van der Waals surface area contributed by atoms with Gasteiger partial charge in [-0.25, -0.2) is 4.98 Å². The molecule has 10 heteroatoms. The number of thiocarbonyl (C=S) groups is 1. The van der Waals surface area contributed by atoms with E-state index in [9.17, 15) is 9.59 Å². The van der Waals surface area contributed by atoms with Gasteiger partial charge in [0.15, 0.2) is 0 Å². The first-order valence-electron chi connectivity index (χ1n) is 11.9. The van der Waals surface area contributed by atoms with Gasteiger partial charge in [-0.15, -0.1) is 0 Å². The van der Waals surface area contributed by atoms with Crippen molar-refractivity contribution in [2.24, 2.45) is 0 Å². The highest BCUT2D eigenvalue weighted by molar-refractivity contribution is 8.26. The van der Waals surface area contributed by atoms with Gasteiger partial charge in [0.05, 0.1) is 10.5 Å². The Kier molecular flexibility index (Phi) is 7.05. The molecule has 0 radical (unpaired) electrons. The van der Waals surface area contributed by atoms with Crippen LogP contribution in [0.15, 0.2) is 58.4 Å². The molecule has 0 aliphatic carbocycles. The van der Waals surface area contributed by atoms with Crippen LogP contribution < -0.4 is 15.4 Å². The van der Waals surface area contributed by atoms with Crippen LogP contribution in [0.2, 0.25) is 5.02 Å². The Labute approximate surface area is 224 Å². The largest absolute Gasteiger partial charge is 0.368 e. The fourth-order valence-electron chi connectivity index (χ4n) is 4.48. The van der Waals surface area contributed by atoms with Crippen molar-refractivity contribution >= 4 is 69.0 Å². The number of halogens is 1. The summed E-state index contributed by atoms with van der Waals surface area (Å²) in [7, 11) is 0. The first-order valence-corrected chi connectivity index (χ1v) is 13.5. The number of aromatic nitrogens is 2. The van der Waals surface area contributed by atoms with Crippen LogP contribution in [-0.2, 0) is 4.79 Å². The molecule has 2 fully saturated rings. The lowest BCUT2D eigenvalue weighted by atomic mass is 10.2. The molecule has 2 saturated heterocycles. The lowest BCUT2D eigenvalue weighted by Crippen LogP contribution is -2.47. The van der Waals surface area contributed by atoms with Crippen molar-refractivity contribution in [2.75, 3.05) is 36.0 Å². The maximum absolute atomic E-state index is 13.6. The zero-order valence-electron chi connectivity index (χ0n) is 20.1. The zero-order chi connectivity index (χ0) is 25.4. The summed E-state index contributed by atoms with van der Waals surface area (Å²) in [6.45, 7) is 6.86. The number of hydrogen-bond donors (Lipinski definition) is 0. The van der Waals surface area contributed by atoms with Crippen LogP contribution in [0.25, 0.3) is 11.7 Å². The van der Waals surface area contributed by atoms with Crippen molar-refractivity contribution in [3.05, 3.63) is 74.5 Å². The minimum atomic E-state index is -0.207. The summed E-state index contributed by atoms with van der Waals surface area (Å²) in [6, 6.07) is 13.3. The van der Waals surface area contributed by atoms with Crippen LogP contribution in [0.3, 0.4) is 0 Å². The lowest BCUT2D eigenvalue weighted by Gasteiger charge is -2.37. The molecule has 3 aromatic rings. The zero-order valence-corrected chi connectivity index (χ0v) is 22.4. The van der Waals surface area contributed by atoms with Crippen molar-refractivity contribution in [3.63, 3.8) is 0 Å². The Hall–Kier alpha value is -2.88. The summed E-state index contributed by atoms with van der Waals surface area (Å²) < 4.78 is 2.04. The number of thioether (sulfide) groups is 1. The molecule has 7 nitrogen and oxygen atoms in total. The average molecular weight is 540 g/mol. The molecule has 0 saturated carbocycles. The Morgan fingerprint density at radius 2 is 1.86 bits per heavy atom. The average Bonchev–Trinajstić information content (AvgIpc) is 3.17. The van der Waals surface area contributed by atoms with Gasteiger partial charge in [0.2, 0.25) is 0 Å². The number of piperazine rings is 1. The van der Waals surface area contributed by atoms with E-state index in [1.165, 1.54) is 16.2 Å². The highest BCUT2D eigenvalue weighted by atomic mass is 35.5. The molecule has 1 amide bonds. The number of pyridine rings is 1. The molecule has 4 heterocycles. The first kappa shape index (κ1) is 24.8. The van der Waals surface area contributed by atoms with Gasteiger partial charge in [-0.2, -0.15) is 0 Å². The molecule has 2 aromatic heterocycles. The smallest absolute Gasteiger partial charge is 0.267 e. The maximum Gasteiger partial charge on any atom is 0.267 e. The third-order valence-electron chi connectivity index (χ3n) is 6.63. The van der Waals surface area contributed by atoms with Gasteiger partial charge in [0.25, 0.3) is 11.5 Å². The fourth-order valence-corrected chi connectivity index (χ4v) is 6.11. The lowest BCUT2D eigenvalue weighted by molar-refractivity contribution is -0.123. The number of hydrogen-bond acceptors (Lipinski definition) is 7. The van der Waals surface area contributed by atoms with Gasteiger partial charge < -0.3 is 9.80 Å². The van der Waals surface area contributed by atoms with E-state index in [1.54, 1.807) is 23.2 Å². The Morgan fingerprint density at radius 1 is 1.11 bits per heavy atom. The van der Waals surface area contributed by atoms with Crippen LogP contribution in [0.5, 0.6) is 0 Å². The minimum Gasteiger partial charge on any atom is -0.368 e. The van der Waals surface area contributed by atoms with Gasteiger partial charge in [-0.3, -0.25) is 18.9 Å². The van der Waals surface area contributed by atoms with E-state index in [4.69, 9.17) is 28.8 Å². The number of benzene rings is 1. The Bertz CT molecular complexity index is 1430. The van der Waals surface area contributed by atoms with Crippen LogP contribution >= 0.6 is 35.6 Å². The van der Waals surface area contributed by atoms with Crippen molar-refractivity contribution in [1.29, 1.82) is 0 Å². The van der Waals surface area contributed by atoms with Crippen molar-refractivity contribution in [2.45, 2.75) is 26.3 Å². The summed E-state index contributed by atoms with van der Waals surface area (Å²) >= 11 is 12.9. The summed E-state index contributed by atoms with van der Waals surface area (Å²) in [4.78, 5) is 38.2. The maximum atomic E-state index is 13.6. The third kappa shape index (κ3) is 4.63. The van der Waals surface area contributed by atoms with Crippen LogP contribution in [0.1, 0.15) is 25.8 Å². The van der Waals surface area contributed by atoms with Gasteiger partial charge in [0.1, 0.15) is 15.8 Å². The van der Waals surface area contributed by atoms with E-state index in [0.717, 1.165) is 25.2 Å². The molecule has 0 unspecified atom stereocenters. The second-order valence-electron chi connectivity index (χ2n) is 8.85. The number of nitrogens with zero attached hydrogens (tertiary/aromatic N) is 5. The number of carbonyl (C=O) groups is 1. The van der Waals surface area contributed by atoms with Gasteiger partial charge in [0, 0.05) is 49.1 Å².